The van der Waals surface area contributed by atoms with Crippen molar-refractivity contribution >= 4 is 6.03 Å². The number of benzene rings is 1. The Hall–Kier alpha value is -2.16. The molecule has 0 aliphatic carbocycles. The molecule has 0 aromatic heterocycles. The molecule has 1 unspecified atom stereocenters. The number of carbonyl (C=O) groups is 1. The second kappa shape index (κ2) is 4.37. The molecule has 1 saturated heterocycles. The first-order valence-electron chi connectivity index (χ1n) is 4.99. The van der Waals surface area contributed by atoms with Crippen LogP contribution in [-0.4, -0.2) is 24.0 Å². The maximum Gasteiger partial charge on any atom is 0.318 e. The summed E-state index contributed by atoms with van der Waals surface area (Å²) in [6.07, 6.45) is 0. The zero-order chi connectivity index (χ0) is 12.4. The van der Waals surface area contributed by atoms with E-state index >= 15 is 0 Å². The first-order valence-corrected chi connectivity index (χ1v) is 4.99. The number of hydrogen-bond donors (Lipinski definition) is 1. The SMILES string of the molecule is N#CCN1CC(c2cc(F)ccc2F)NC1=O. The Balaban J connectivity index is 2.23. The van der Waals surface area contributed by atoms with Crippen LogP contribution in [0.5, 0.6) is 0 Å². The lowest BCUT2D eigenvalue weighted by molar-refractivity contribution is 0.222. The Labute approximate surface area is 96.4 Å². The molecule has 4 nitrogen and oxygen atoms in total. The van der Waals surface area contributed by atoms with Gasteiger partial charge in [-0.2, -0.15) is 5.26 Å². The third-order valence-corrected chi connectivity index (χ3v) is 2.58. The highest BCUT2D eigenvalue weighted by Gasteiger charge is 2.31. The van der Waals surface area contributed by atoms with Gasteiger partial charge in [-0.3, -0.25) is 0 Å². The number of amides is 2. The lowest BCUT2D eigenvalue weighted by Crippen LogP contribution is -2.28. The van der Waals surface area contributed by atoms with Crippen molar-refractivity contribution in [1.29, 1.82) is 5.26 Å². The number of nitriles is 1. The molecule has 6 heteroatoms. The van der Waals surface area contributed by atoms with E-state index in [9.17, 15) is 13.6 Å². The number of urea groups is 1. The molecule has 2 rings (SSSR count). The molecule has 17 heavy (non-hydrogen) atoms. The Morgan fingerprint density at radius 1 is 1.53 bits per heavy atom. The lowest BCUT2D eigenvalue weighted by Gasteiger charge is -2.11. The summed E-state index contributed by atoms with van der Waals surface area (Å²) in [5, 5.41) is 11.0. The summed E-state index contributed by atoms with van der Waals surface area (Å²) in [5.74, 6) is -1.13. The predicted molar refractivity (Wildman–Crippen MR) is 54.8 cm³/mol. The highest BCUT2D eigenvalue weighted by Crippen LogP contribution is 2.23. The van der Waals surface area contributed by atoms with Gasteiger partial charge < -0.3 is 10.2 Å². The highest BCUT2D eigenvalue weighted by atomic mass is 19.1. The summed E-state index contributed by atoms with van der Waals surface area (Å²) >= 11 is 0. The lowest BCUT2D eigenvalue weighted by atomic mass is 10.1. The van der Waals surface area contributed by atoms with Crippen molar-refractivity contribution in [2.45, 2.75) is 6.04 Å². The molecule has 1 aromatic rings. The minimum absolute atomic E-state index is 0.0702. The van der Waals surface area contributed by atoms with E-state index in [4.69, 9.17) is 5.26 Å². The van der Waals surface area contributed by atoms with E-state index in [1.54, 1.807) is 0 Å². The minimum Gasteiger partial charge on any atom is -0.329 e. The normalized spacial score (nSPS) is 19.0. The van der Waals surface area contributed by atoms with Crippen molar-refractivity contribution < 1.29 is 13.6 Å². The van der Waals surface area contributed by atoms with Crippen molar-refractivity contribution in [1.82, 2.24) is 10.2 Å². The van der Waals surface area contributed by atoms with Crippen LogP contribution in [0.2, 0.25) is 0 Å². The fourth-order valence-electron chi connectivity index (χ4n) is 1.77. The van der Waals surface area contributed by atoms with Crippen LogP contribution in [0.25, 0.3) is 0 Å². The maximum atomic E-state index is 13.5. The van der Waals surface area contributed by atoms with Gasteiger partial charge in [0, 0.05) is 12.1 Å². The summed E-state index contributed by atoms with van der Waals surface area (Å²) in [7, 11) is 0. The predicted octanol–water partition coefficient (Wildman–Crippen LogP) is 1.55. The molecule has 2 amide bonds. The van der Waals surface area contributed by atoms with E-state index in [0.717, 1.165) is 18.2 Å². The summed E-state index contributed by atoms with van der Waals surface area (Å²) in [4.78, 5) is 12.6. The maximum absolute atomic E-state index is 13.5. The van der Waals surface area contributed by atoms with Gasteiger partial charge in [-0.15, -0.1) is 0 Å². The quantitative estimate of drug-likeness (QED) is 0.793. The topological polar surface area (TPSA) is 56.1 Å². The van der Waals surface area contributed by atoms with E-state index in [-0.39, 0.29) is 18.7 Å². The van der Waals surface area contributed by atoms with Crippen molar-refractivity contribution in [2.75, 3.05) is 13.1 Å². The third-order valence-electron chi connectivity index (χ3n) is 2.58. The summed E-state index contributed by atoms with van der Waals surface area (Å²) < 4.78 is 26.5. The zero-order valence-electron chi connectivity index (χ0n) is 8.78. The average molecular weight is 237 g/mol. The monoisotopic (exact) mass is 237 g/mol. The summed E-state index contributed by atoms with van der Waals surface area (Å²) in [6, 6.07) is 3.86. The van der Waals surface area contributed by atoms with Crippen LogP contribution < -0.4 is 5.32 Å². The van der Waals surface area contributed by atoms with Gasteiger partial charge in [0.15, 0.2) is 0 Å². The van der Waals surface area contributed by atoms with Crippen LogP contribution in [0, 0.1) is 23.0 Å². The molecular weight excluding hydrogens is 228 g/mol. The fraction of sp³-hybridized carbons (Fsp3) is 0.273. The molecule has 0 spiro atoms. The molecule has 88 valence electrons. The molecule has 1 atom stereocenters. The van der Waals surface area contributed by atoms with Crippen molar-refractivity contribution in [3.05, 3.63) is 35.4 Å². The Morgan fingerprint density at radius 2 is 2.29 bits per heavy atom. The Kier molecular flexibility index (Phi) is 2.91. The highest BCUT2D eigenvalue weighted by molar-refractivity contribution is 5.77. The molecule has 1 aliphatic rings. The van der Waals surface area contributed by atoms with Gasteiger partial charge in [-0.05, 0) is 18.2 Å². The molecule has 1 aliphatic heterocycles. The molecule has 1 aromatic carbocycles. The minimum atomic E-state index is -0.619. The van der Waals surface area contributed by atoms with Gasteiger partial charge in [0.05, 0.1) is 12.1 Å². The molecule has 0 bridgehead atoms. The van der Waals surface area contributed by atoms with Gasteiger partial charge >= 0.3 is 6.03 Å². The number of rotatable bonds is 2. The van der Waals surface area contributed by atoms with E-state index in [1.165, 1.54) is 4.90 Å². The second-order valence-electron chi connectivity index (χ2n) is 3.71. The molecular formula is C11H9F2N3O. The third kappa shape index (κ3) is 2.18. The number of halogens is 2. The molecule has 1 N–H and O–H groups in total. The largest absolute Gasteiger partial charge is 0.329 e. The van der Waals surface area contributed by atoms with Gasteiger partial charge in [-0.25, -0.2) is 13.6 Å². The Morgan fingerprint density at radius 3 is 3.00 bits per heavy atom. The first-order chi connectivity index (χ1) is 8.11. The van der Waals surface area contributed by atoms with Gasteiger partial charge in [-0.1, -0.05) is 0 Å². The van der Waals surface area contributed by atoms with Crippen LogP contribution in [0.1, 0.15) is 11.6 Å². The van der Waals surface area contributed by atoms with Gasteiger partial charge in [0.1, 0.15) is 18.2 Å². The van der Waals surface area contributed by atoms with E-state index in [0.29, 0.717) is 0 Å². The molecule has 1 heterocycles. The second-order valence-corrected chi connectivity index (χ2v) is 3.71. The van der Waals surface area contributed by atoms with Crippen LogP contribution >= 0.6 is 0 Å². The van der Waals surface area contributed by atoms with Crippen LogP contribution in [0.4, 0.5) is 13.6 Å². The number of carbonyl (C=O) groups excluding carboxylic acids is 1. The molecule has 1 fully saturated rings. The van der Waals surface area contributed by atoms with Crippen LogP contribution in [-0.2, 0) is 0 Å². The standard InChI is InChI=1S/C11H9F2N3O/c12-7-1-2-9(13)8(5-7)10-6-16(4-3-14)11(17)15-10/h1-2,5,10H,4,6H2,(H,15,17). The van der Waals surface area contributed by atoms with E-state index in [1.807, 2.05) is 6.07 Å². The van der Waals surface area contributed by atoms with Crippen LogP contribution in [0.15, 0.2) is 18.2 Å². The van der Waals surface area contributed by atoms with Gasteiger partial charge in [0.2, 0.25) is 0 Å². The van der Waals surface area contributed by atoms with Crippen molar-refractivity contribution in [3.8, 4) is 6.07 Å². The number of hydrogen-bond acceptors (Lipinski definition) is 2. The van der Waals surface area contributed by atoms with Crippen molar-refractivity contribution in [3.63, 3.8) is 0 Å². The molecule has 0 saturated carbocycles. The smallest absolute Gasteiger partial charge is 0.318 e. The van der Waals surface area contributed by atoms with Crippen LogP contribution in [0.3, 0.4) is 0 Å². The van der Waals surface area contributed by atoms with E-state index < -0.39 is 23.7 Å². The summed E-state index contributed by atoms with van der Waals surface area (Å²) in [5.41, 5.74) is 0.0961. The summed E-state index contributed by atoms with van der Waals surface area (Å²) in [6.45, 7) is 0.0893. The van der Waals surface area contributed by atoms with E-state index in [2.05, 4.69) is 5.32 Å². The Bertz CT molecular complexity index is 498. The van der Waals surface area contributed by atoms with Crippen molar-refractivity contribution in [2.24, 2.45) is 0 Å². The average Bonchev–Trinajstić information content (AvgIpc) is 2.64. The zero-order valence-corrected chi connectivity index (χ0v) is 8.78. The van der Waals surface area contributed by atoms with Gasteiger partial charge in [0.25, 0.3) is 0 Å². The fourth-order valence-corrected chi connectivity index (χ4v) is 1.77. The number of nitrogens with zero attached hydrogens (tertiary/aromatic N) is 2. The first kappa shape index (κ1) is 11.3. The molecule has 0 radical (unpaired) electrons. The number of nitrogens with one attached hydrogen (secondary N) is 1.